The Morgan fingerprint density at radius 2 is 2.04 bits per heavy atom. The van der Waals surface area contributed by atoms with Gasteiger partial charge in [0.05, 0.1) is 14.8 Å². The maximum absolute atomic E-state index is 2.53. The van der Waals surface area contributed by atoms with Crippen LogP contribution >= 0.6 is 0 Å². The number of rotatable bonds is 5. The summed E-state index contributed by atoms with van der Waals surface area (Å²) >= 11 is 0. The van der Waals surface area contributed by atoms with E-state index in [1.54, 1.807) is 10.8 Å². The fraction of sp³-hybridized carbons (Fsp3) is 0.417. The van der Waals surface area contributed by atoms with E-state index in [0.29, 0.717) is 6.04 Å². The van der Waals surface area contributed by atoms with Gasteiger partial charge in [0, 0.05) is 7.05 Å². The van der Waals surface area contributed by atoms with Crippen molar-refractivity contribution < 1.29 is 0 Å². The lowest BCUT2D eigenvalue weighted by molar-refractivity contribution is 0.383. The van der Waals surface area contributed by atoms with E-state index in [0.717, 1.165) is 12.8 Å². The number of hydrogen-bond acceptors (Lipinski definition) is 1. The topological polar surface area (TPSA) is 3.24 Å². The van der Waals surface area contributed by atoms with Crippen LogP contribution in [-0.4, -0.2) is 20.7 Å². The molecule has 1 nitrogen and oxygen atoms in total. The van der Waals surface area contributed by atoms with Gasteiger partial charge >= 0.3 is 0 Å². The summed E-state index contributed by atoms with van der Waals surface area (Å²) in [6, 6.07) is 7.42. The number of nitrogens with zero attached hydrogens (tertiary/aromatic N) is 1. The van der Waals surface area contributed by atoms with Gasteiger partial charge < -0.3 is 4.90 Å². The average molecular weight is 363 g/mol. The summed E-state index contributed by atoms with van der Waals surface area (Å²) in [4.78, 5) is 2.41. The molecule has 0 fully saturated rings. The second kappa shape index (κ2) is 8.26. The lowest BCUT2D eigenvalue weighted by Gasteiger charge is -2.34. The van der Waals surface area contributed by atoms with Crippen LogP contribution in [0.25, 0.3) is 5.57 Å². The lowest BCUT2D eigenvalue weighted by atomic mass is 9.90. The van der Waals surface area contributed by atoms with Gasteiger partial charge in [-0.2, -0.15) is 0 Å². The van der Waals surface area contributed by atoms with E-state index in [2.05, 4.69) is 87.6 Å². The molecule has 2 heteroatoms. The molecule has 0 saturated carbocycles. The summed E-state index contributed by atoms with van der Waals surface area (Å²) in [6.07, 6.45) is 16.4. The monoisotopic (exact) mass is 362 g/mol. The lowest BCUT2D eigenvalue weighted by Crippen LogP contribution is -2.26. The first-order valence-electron chi connectivity index (χ1n) is 9.93. The molecule has 2 aliphatic rings. The van der Waals surface area contributed by atoms with Crippen LogP contribution in [-0.2, 0) is 0 Å². The maximum atomic E-state index is 2.53. The van der Waals surface area contributed by atoms with Crippen molar-refractivity contribution in [1.82, 2.24) is 4.90 Å². The summed E-state index contributed by atoms with van der Waals surface area (Å²) in [7, 11) is 1.80. The molecule has 0 saturated heterocycles. The van der Waals surface area contributed by atoms with Gasteiger partial charge in [0.1, 0.15) is 0 Å². The van der Waals surface area contributed by atoms with Gasteiger partial charge in [-0.05, 0) is 65.4 Å². The Morgan fingerprint density at radius 1 is 1.23 bits per heavy atom. The van der Waals surface area contributed by atoms with Crippen LogP contribution in [0.3, 0.4) is 0 Å². The second-order valence-corrected chi connectivity index (χ2v) is 10.4. The van der Waals surface area contributed by atoms with Gasteiger partial charge in [0.2, 0.25) is 0 Å². The first kappa shape index (κ1) is 19.0. The molecule has 26 heavy (non-hydrogen) atoms. The van der Waals surface area contributed by atoms with Crippen molar-refractivity contribution in [3.8, 4) is 0 Å². The van der Waals surface area contributed by atoms with Gasteiger partial charge in [0.15, 0.2) is 0 Å². The molecule has 1 unspecified atom stereocenters. The Balaban J connectivity index is 1.93. The van der Waals surface area contributed by atoms with Crippen molar-refractivity contribution in [3.63, 3.8) is 0 Å². The Morgan fingerprint density at radius 3 is 2.65 bits per heavy atom. The summed E-state index contributed by atoms with van der Waals surface area (Å²) in [5, 5.41) is 1.60. The first-order chi connectivity index (χ1) is 12.5. The molecule has 1 heterocycles. The minimum absolute atomic E-state index is 0.357. The standard InChI is InChI=1S/C24H32NSi/c1-6-10-21-16-23(25(3)17-24(21)26(4)5)22-14-13-20(15-18(22)2)19-11-8-7-9-12-19/h7-8,11,13-17,23H,6,9-10,12H2,1-5H3. The van der Waals surface area contributed by atoms with Gasteiger partial charge in [0.25, 0.3) is 0 Å². The van der Waals surface area contributed by atoms with Gasteiger partial charge in [-0.15, -0.1) is 0 Å². The second-order valence-electron chi connectivity index (χ2n) is 7.83. The highest BCUT2D eigenvalue weighted by molar-refractivity contribution is 6.65. The zero-order valence-corrected chi connectivity index (χ0v) is 18.0. The molecule has 0 amide bonds. The molecular formula is C24H32NSi. The van der Waals surface area contributed by atoms with Crippen LogP contribution in [0.4, 0.5) is 0 Å². The van der Waals surface area contributed by atoms with E-state index in [9.17, 15) is 0 Å². The van der Waals surface area contributed by atoms with Crippen molar-refractivity contribution in [3.05, 3.63) is 76.2 Å². The molecule has 0 N–H and O–H groups in total. The quantitative estimate of drug-likeness (QED) is 0.532. The molecule has 0 spiro atoms. The van der Waals surface area contributed by atoms with Crippen molar-refractivity contribution >= 4 is 14.4 Å². The summed E-state index contributed by atoms with van der Waals surface area (Å²) in [5.41, 5.74) is 7.27. The van der Waals surface area contributed by atoms with Crippen LogP contribution in [0.2, 0.25) is 13.1 Å². The van der Waals surface area contributed by atoms with E-state index < -0.39 is 8.80 Å². The van der Waals surface area contributed by atoms with Crippen LogP contribution in [0, 0.1) is 6.92 Å². The van der Waals surface area contributed by atoms with Crippen molar-refractivity contribution in [2.45, 2.75) is 58.7 Å². The highest BCUT2D eigenvalue weighted by Crippen LogP contribution is 2.35. The predicted octanol–water partition coefficient (Wildman–Crippen LogP) is 6.62. The summed E-state index contributed by atoms with van der Waals surface area (Å²) in [6.45, 7) is 9.37. The minimum atomic E-state index is -0.436. The molecule has 137 valence electrons. The van der Waals surface area contributed by atoms with E-state index >= 15 is 0 Å². The fourth-order valence-electron chi connectivity index (χ4n) is 4.06. The number of aryl methyl sites for hydroxylation is 1. The summed E-state index contributed by atoms with van der Waals surface area (Å²) in [5.74, 6) is 0. The first-order valence-corrected chi connectivity index (χ1v) is 12.4. The molecule has 3 rings (SSSR count). The molecular weight excluding hydrogens is 330 g/mol. The Bertz CT molecular complexity index is 779. The molecule has 1 radical (unpaired) electrons. The van der Waals surface area contributed by atoms with E-state index in [1.165, 1.54) is 35.1 Å². The fourth-order valence-corrected chi connectivity index (χ4v) is 5.37. The number of allylic oxidation sites excluding steroid dienone is 6. The molecule has 0 aromatic heterocycles. The SMILES string of the molecule is CCCC1=CC(c2ccc(C3=CC=CCC3)cc2C)N(C)C=C1[Si](C)C. The number of likely N-dealkylation sites (N-methyl/N-ethyl adjacent to an activating group) is 1. The molecule has 0 bridgehead atoms. The highest BCUT2D eigenvalue weighted by Gasteiger charge is 2.23. The van der Waals surface area contributed by atoms with E-state index in [1.807, 2.05) is 0 Å². The third kappa shape index (κ3) is 3.96. The normalized spacial score (nSPS) is 20.2. The maximum Gasteiger partial charge on any atom is 0.0814 e. The van der Waals surface area contributed by atoms with Crippen molar-refractivity contribution in [2.24, 2.45) is 0 Å². The molecule has 1 aliphatic carbocycles. The van der Waals surface area contributed by atoms with Crippen LogP contribution in [0.5, 0.6) is 0 Å². The predicted molar refractivity (Wildman–Crippen MR) is 117 cm³/mol. The molecule has 1 aromatic rings. The summed E-state index contributed by atoms with van der Waals surface area (Å²) < 4.78 is 0. The van der Waals surface area contributed by atoms with E-state index in [-0.39, 0.29) is 0 Å². The average Bonchev–Trinajstić information content (AvgIpc) is 2.64. The third-order valence-corrected chi connectivity index (χ3v) is 7.04. The zero-order valence-electron chi connectivity index (χ0n) is 17.0. The van der Waals surface area contributed by atoms with Crippen LogP contribution in [0.1, 0.15) is 55.3 Å². The Kier molecular flexibility index (Phi) is 6.03. The zero-order chi connectivity index (χ0) is 18.7. The molecule has 1 aliphatic heterocycles. The van der Waals surface area contributed by atoms with Gasteiger partial charge in [-0.25, -0.2) is 0 Å². The van der Waals surface area contributed by atoms with Crippen LogP contribution in [0.15, 0.2) is 59.5 Å². The molecule has 1 aromatic carbocycles. The minimum Gasteiger partial charge on any atom is -0.370 e. The smallest absolute Gasteiger partial charge is 0.0814 e. The third-order valence-electron chi connectivity index (χ3n) is 5.51. The van der Waals surface area contributed by atoms with Gasteiger partial charge in [-0.1, -0.05) is 68.9 Å². The Hall–Kier alpha value is -1.80. The van der Waals surface area contributed by atoms with Crippen LogP contribution < -0.4 is 0 Å². The molecule has 1 atom stereocenters. The number of benzene rings is 1. The highest BCUT2D eigenvalue weighted by atomic mass is 28.3. The Labute approximate surface area is 161 Å². The van der Waals surface area contributed by atoms with Crippen molar-refractivity contribution in [1.29, 1.82) is 0 Å². The number of hydrogen-bond donors (Lipinski definition) is 0. The largest absolute Gasteiger partial charge is 0.370 e. The van der Waals surface area contributed by atoms with E-state index in [4.69, 9.17) is 0 Å². The van der Waals surface area contributed by atoms with Crippen molar-refractivity contribution in [2.75, 3.05) is 7.05 Å². The van der Waals surface area contributed by atoms with Gasteiger partial charge in [-0.3, -0.25) is 0 Å².